The topological polar surface area (TPSA) is 138 Å². The second-order valence-electron chi connectivity index (χ2n) is 11.9. The van der Waals surface area contributed by atoms with Crippen LogP contribution in [0, 0.1) is 51.7 Å². The number of rotatable bonds is 9. The van der Waals surface area contributed by atoms with Gasteiger partial charge >= 0.3 is 67.8 Å². The van der Waals surface area contributed by atoms with Crippen molar-refractivity contribution in [1.29, 1.82) is 0 Å². The van der Waals surface area contributed by atoms with Gasteiger partial charge in [-0.15, -0.1) is 5.92 Å². The van der Waals surface area contributed by atoms with Crippen molar-refractivity contribution in [3.05, 3.63) is 63.7 Å². The Hall–Kier alpha value is -1.73. The zero-order valence-corrected chi connectivity index (χ0v) is 32.5. The first-order valence-corrected chi connectivity index (χ1v) is 19.1. The third kappa shape index (κ3) is 30.7. The minimum atomic E-state index is -1.92. The third-order valence-electron chi connectivity index (χ3n) is 6.87. The van der Waals surface area contributed by atoms with Crippen molar-refractivity contribution in [3.8, 4) is 23.3 Å². The Morgan fingerprint density at radius 2 is 0.911 bits per heavy atom. The molecule has 8 nitrogen and oxygen atoms in total. The van der Waals surface area contributed by atoms with E-state index in [1.165, 1.54) is 31.2 Å². The molecule has 0 amide bonds. The smallest absolute Gasteiger partial charge is 0 e. The van der Waals surface area contributed by atoms with Crippen LogP contribution in [0.1, 0.15) is 86.1 Å². The molecule has 254 valence electrons. The van der Waals surface area contributed by atoms with E-state index < -0.39 is 16.6 Å². The summed E-state index contributed by atoms with van der Waals surface area (Å²) < 4.78 is 58.3. The van der Waals surface area contributed by atoms with Crippen LogP contribution in [0.15, 0.2) is 18.2 Å². The predicted molar refractivity (Wildman–Crippen MR) is 166 cm³/mol. The third-order valence-corrected chi connectivity index (χ3v) is 15.6. The normalized spacial score (nSPS) is 9.13. The molecular formula is C33H48Co2O8Si2. The second-order valence-corrected chi connectivity index (χ2v) is 21.3. The van der Waals surface area contributed by atoms with Crippen LogP contribution < -0.4 is 8.85 Å². The Kier molecular flexibility index (Phi) is 50.7. The van der Waals surface area contributed by atoms with Gasteiger partial charge in [0.15, 0.2) is 0 Å². The SMILES string of the molecule is CCCCCCC#CCc1cc(O[Si](C)(C)C(C)(C)C)cc(O[Si](C)(C)C(C)(C)C)c1.[C-]#[O+].[C-]#[O+].[C-]#[O+].[C-]#[O+].[C-]#[O+].[C-]#[O+].[Co].[Co]. The fourth-order valence-corrected chi connectivity index (χ4v) is 4.67. The predicted octanol–water partition coefficient (Wildman–Crippen LogP) is 8.74. The molecule has 0 aliphatic rings. The summed E-state index contributed by atoms with van der Waals surface area (Å²) in [7, 11) is -3.85. The molecule has 1 aromatic carbocycles. The molecule has 1 aromatic rings. The van der Waals surface area contributed by atoms with E-state index in [0.29, 0.717) is 0 Å². The summed E-state index contributed by atoms with van der Waals surface area (Å²) in [6.45, 7) is 52.1. The first-order valence-electron chi connectivity index (χ1n) is 13.3. The van der Waals surface area contributed by atoms with E-state index in [1.54, 1.807) is 0 Å². The van der Waals surface area contributed by atoms with Crippen molar-refractivity contribution in [2.75, 3.05) is 0 Å². The van der Waals surface area contributed by atoms with Crippen molar-refractivity contribution in [2.45, 2.75) is 123 Å². The molecule has 1 rings (SSSR count). The molecule has 0 saturated heterocycles. The van der Waals surface area contributed by atoms with Crippen LogP contribution in [-0.2, 0) is 67.9 Å². The van der Waals surface area contributed by atoms with Crippen molar-refractivity contribution in [3.63, 3.8) is 0 Å². The van der Waals surface area contributed by atoms with Gasteiger partial charge in [0.1, 0.15) is 11.5 Å². The maximum atomic E-state index is 7.50. The zero-order valence-electron chi connectivity index (χ0n) is 28.4. The van der Waals surface area contributed by atoms with Gasteiger partial charge in [0.25, 0.3) is 0 Å². The molecule has 45 heavy (non-hydrogen) atoms. The molecule has 0 aliphatic heterocycles. The Morgan fingerprint density at radius 3 is 1.20 bits per heavy atom. The van der Waals surface area contributed by atoms with Crippen LogP contribution in [0.5, 0.6) is 11.5 Å². The van der Waals surface area contributed by atoms with Crippen LogP contribution >= 0.6 is 0 Å². The number of hydrogen-bond donors (Lipinski definition) is 0. The Balaban J connectivity index is -0.000000145. The van der Waals surface area contributed by atoms with E-state index in [0.717, 1.165) is 24.3 Å². The van der Waals surface area contributed by atoms with Gasteiger partial charge in [0.05, 0.1) is 0 Å². The van der Waals surface area contributed by atoms with E-state index in [4.69, 9.17) is 36.8 Å². The van der Waals surface area contributed by atoms with Gasteiger partial charge in [-0.05, 0) is 60.4 Å². The Bertz CT molecular complexity index is 942. The van der Waals surface area contributed by atoms with Gasteiger partial charge in [-0.1, -0.05) is 73.6 Å². The summed E-state index contributed by atoms with van der Waals surface area (Å²) in [6.07, 6.45) is 6.80. The monoisotopic (exact) mass is 746 g/mol. The molecule has 0 N–H and O–H groups in total. The van der Waals surface area contributed by atoms with Crippen molar-refractivity contribution in [2.24, 2.45) is 0 Å². The van der Waals surface area contributed by atoms with Crippen molar-refractivity contribution in [1.82, 2.24) is 0 Å². The molecule has 0 unspecified atom stereocenters. The first-order chi connectivity index (χ1) is 20.1. The Labute approximate surface area is 295 Å². The average molecular weight is 747 g/mol. The molecule has 12 heteroatoms. The van der Waals surface area contributed by atoms with Gasteiger partial charge in [0.2, 0.25) is 16.6 Å². The molecule has 0 bridgehead atoms. The van der Waals surface area contributed by atoms with E-state index in [9.17, 15) is 0 Å². The Morgan fingerprint density at radius 1 is 0.578 bits per heavy atom. The van der Waals surface area contributed by atoms with Gasteiger partial charge in [-0.3, -0.25) is 0 Å². The molecule has 0 aromatic heterocycles. The van der Waals surface area contributed by atoms with Crippen LogP contribution in [0.2, 0.25) is 36.3 Å². The van der Waals surface area contributed by atoms with Crippen LogP contribution in [0.4, 0.5) is 0 Å². The first kappa shape index (κ1) is 62.1. The van der Waals surface area contributed by atoms with Crippen LogP contribution in [0.25, 0.3) is 0 Å². The molecule has 0 saturated carbocycles. The largest absolute Gasteiger partial charge is 0 e. The molecule has 0 heterocycles. The summed E-state index contributed by atoms with van der Waals surface area (Å²) in [6, 6.07) is 6.44. The summed E-state index contributed by atoms with van der Waals surface area (Å²) >= 11 is 0. The minimum Gasteiger partial charge on any atom is 0 e. The molecule has 0 spiro atoms. The molecule has 0 aliphatic carbocycles. The van der Waals surface area contributed by atoms with E-state index in [-0.39, 0.29) is 43.6 Å². The number of unbranched alkanes of at least 4 members (excludes halogenated alkanes) is 4. The standard InChI is InChI=1S/C27H48O2Si2.6CO.2Co/c1-12-13-14-15-16-17-18-19-23-20-24(28-30(8,9)26(2,3)4)22-25(21-23)29-31(10,11)27(5,6)7;6*1-2;;/h20-22H,12-16,19H2,1-11H3;;;;;;;;. The van der Waals surface area contributed by atoms with Gasteiger partial charge in [-0.25, -0.2) is 0 Å². The van der Waals surface area contributed by atoms with Crippen molar-refractivity contribution < 1.29 is 70.3 Å². The van der Waals surface area contributed by atoms with Crippen molar-refractivity contribution >= 4 is 16.6 Å². The summed E-state index contributed by atoms with van der Waals surface area (Å²) in [5.41, 5.74) is 1.19. The van der Waals surface area contributed by atoms with Crippen LogP contribution in [-0.4, -0.2) is 16.6 Å². The number of benzene rings is 1. The molecular weight excluding hydrogens is 698 g/mol. The molecule has 2 radical (unpaired) electrons. The summed E-state index contributed by atoms with van der Waals surface area (Å²) in [5.74, 6) is 8.61. The molecule has 0 atom stereocenters. The second kappa shape index (κ2) is 36.7. The molecule has 0 fully saturated rings. The summed E-state index contributed by atoms with van der Waals surface area (Å²) in [5, 5.41) is 0.309. The fraction of sp³-hybridized carbons (Fsp3) is 0.576. The van der Waals surface area contributed by atoms with Crippen LogP contribution in [0.3, 0.4) is 0 Å². The minimum absolute atomic E-state index is 0. The van der Waals surface area contributed by atoms with E-state index in [1.807, 2.05) is 0 Å². The fourth-order valence-electron chi connectivity index (χ4n) is 2.64. The number of hydrogen-bond acceptors (Lipinski definition) is 2. The van der Waals surface area contributed by atoms with E-state index >= 15 is 0 Å². The maximum absolute atomic E-state index is 7.50. The zero-order chi connectivity index (χ0) is 35.9. The van der Waals surface area contributed by atoms with Gasteiger partial charge in [0, 0.05) is 52.5 Å². The maximum Gasteiger partial charge on any atom is 0 e. The van der Waals surface area contributed by atoms with E-state index in [2.05, 4.69) is 145 Å². The van der Waals surface area contributed by atoms with Gasteiger partial charge < -0.3 is 8.85 Å². The average Bonchev–Trinajstić information content (AvgIpc) is 2.97. The quantitative estimate of drug-likeness (QED) is 0.0821. The van der Waals surface area contributed by atoms with Gasteiger partial charge in [-0.2, -0.15) is 0 Å². The summed E-state index contributed by atoms with van der Waals surface area (Å²) in [4.78, 5) is 0.